The Bertz CT molecular complexity index is 999. The van der Waals surface area contributed by atoms with E-state index in [1.54, 1.807) is 20.7 Å². The SMILES string of the molecule is Cc1ccc2c(c1)-c1c(ssc1=Nc1cccc(Cl)c1)C(C)(C)N2. The quantitative estimate of drug-likeness (QED) is 0.496. The first-order valence-electron chi connectivity index (χ1n) is 7.77. The number of anilines is 1. The Morgan fingerprint density at radius 2 is 1.92 bits per heavy atom. The van der Waals surface area contributed by atoms with Gasteiger partial charge in [-0.15, -0.1) is 0 Å². The van der Waals surface area contributed by atoms with Crippen LogP contribution in [0.25, 0.3) is 11.1 Å². The standard InChI is InChI=1S/C19H17ClN2S2/c1-11-7-8-15-14(9-11)16-17(19(2,3)22-15)23-24-18(16)21-13-6-4-5-12(20)10-13/h4-10,22H,1-3H3. The average molecular weight is 373 g/mol. The molecule has 3 aromatic rings. The van der Waals surface area contributed by atoms with Crippen LogP contribution < -0.4 is 9.99 Å². The van der Waals surface area contributed by atoms with Crippen molar-refractivity contribution >= 4 is 43.7 Å². The average Bonchev–Trinajstić information content (AvgIpc) is 2.93. The summed E-state index contributed by atoms with van der Waals surface area (Å²) >= 11 is 6.11. The van der Waals surface area contributed by atoms with Crippen molar-refractivity contribution in [2.24, 2.45) is 4.99 Å². The minimum absolute atomic E-state index is 0.0964. The van der Waals surface area contributed by atoms with Crippen molar-refractivity contribution in [3.63, 3.8) is 0 Å². The van der Waals surface area contributed by atoms with Crippen molar-refractivity contribution in [1.82, 2.24) is 0 Å². The molecule has 1 aromatic heterocycles. The summed E-state index contributed by atoms with van der Waals surface area (Å²) in [7, 11) is 3.53. The summed E-state index contributed by atoms with van der Waals surface area (Å²) in [5.41, 5.74) is 5.72. The fourth-order valence-corrected chi connectivity index (χ4v) is 6.14. The molecule has 0 saturated carbocycles. The maximum atomic E-state index is 6.11. The van der Waals surface area contributed by atoms with Crippen LogP contribution in [0, 0.1) is 6.92 Å². The number of halogens is 1. The Kier molecular flexibility index (Phi) is 3.79. The lowest BCUT2D eigenvalue weighted by Crippen LogP contribution is -2.31. The molecule has 0 aliphatic carbocycles. The second-order valence-electron chi connectivity index (χ2n) is 6.57. The van der Waals surface area contributed by atoms with Gasteiger partial charge in [-0.25, -0.2) is 4.99 Å². The predicted octanol–water partition coefficient (Wildman–Crippen LogP) is 6.33. The van der Waals surface area contributed by atoms with Crippen molar-refractivity contribution in [3.05, 3.63) is 62.6 Å². The van der Waals surface area contributed by atoms with Crippen molar-refractivity contribution in [2.75, 3.05) is 5.32 Å². The maximum absolute atomic E-state index is 6.11. The molecule has 24 heavy (non-hydrogen) atoms. The normalized spacial score (nSPS) is 15.6. The number of nitrogens with one attached hydrogen (secondary N) is 1. The van der Waals surface area contributed by atoms with Crippen molar-refractivity contribution in [3.8, 4) is 11.1 Å². The zero-order valence-electron chi connectivity index (χ0n) is 13.7. The van der Waals surface area contributed by atoms with Crippen LogP contribution in [-0.2, 0) is 5.54 Å². The molecule has 0 saturated heterocycles. The van der Waals surface area contributed by atoms with Gasteiger partial charge in [0.1, 0.15) is 4.67 Å². The molecule has 0 unspecified atom stereocenters. The van der Waals surface area contributed by atoms with Gasteiger partial charge in [0.2, 0.25) is 0 Å². The van der Waals surface area contributed by atoms with Gasteiger partial charge in [-0.1, -0.05) is 50.0 Å². The van der Waals surface area contributed by atoms with E-state index < -0.39 is 0 Å². The van der Waals surface area contributed by atoms with Gasteiger partial charge in [-0.2, -0.15) is 0 Å². The number of benzene rings is 2. The molecular weight excluding hydrogens is 356 g/mol. The molecule has 1 N–H and O–H groups in total. The third kappa shape index (κ3) is 2.69. The van der Waals surface area contributed by atoms with Crippen LogP contribution >= 0.6 is 32.3 Å². The van der Waals surface area contributed by atoms with Crippen LogP contribution in [0.2, 0.25) is 5.02 Å². The first-order chi connectivity index (χ1) is 11.4. The van der Waals surface area contributed by atoms with E-state index in [0.29, 0.717) is 5.02 Å². The summed E-state index contributed by atoms with van der Waals surface area (Å²) < 4.78 is 1.05. The second-order valence-corrected chi connectivity index (χ2v) is 9.13. The number of hydrogen-bond donors (Lipinski definition) is 1. The molecule has 5 heteroatoms. The van der Waals surface area contributed by atoms with Gasteiger partial charge < -0.3 is 5.32 Å². The van der Waals surface area contributed by atoms with E-state index in [2.05, 4.69) is 44.3 Å². The topological polar surface area (TPSA) is 24.4 Å². The van der Waals surface area contributed by atoms with Crippen LogP contribution in [0.15, 0.2) is 47.5 Å². The molecule has 4 rings (SSSR count). The Morgan fingerprint density at radius 3 is 2.71 bits per heavy atom. The van der Waals surface area contributed by atoms with Crippen LogP contribution in [0.5, 0.6) is 0 Å². The molecule has 122 valence electrons. The second kappa shape index (κ2) is 5.73. The number of hydrogen-bond acceptors (Lipinski definition) is 4. The van der Waals surface area contributed by atoms with Gasteiger partial charge in [0.25, 0.3) is 0 Å². The van der Waals surface area contributed by atoms with Crippen LogP contribution in [0.1, 0.15) is 24.3 Å². The third-order valence-corrected chi connectivity index (χ3v) is 7.02. The Labute approximate surface area is 153 Å². The Hall–Kier alpha value is -1.62. The minimum Gasteiger partial charge on any atom is -0.375 e. The summed E-state index contributed by atoms with van der Waals surface area (Å²) in [6, 6.07) is 14.3. The number of nitrogens with zero attached hydrogens (tertiary/aromatic N) is 1. The van der Waals surface area contributed by atoms with Crippen molar-refractivity contribution in [2.45, 2.75) is 26.3 Å². The van der Waals surface area contributed by atoms with Crippen molar-refractivity contribution in [1.29, 1.82) is 0 Å². The smallest absolute Gasteiger partial charge is 0.135 e. The van der Waals surface area contributed by atoms with Gasteiger partial charge in [0.15, 0.2) is 0 Å². The van der Waals surface area contributed by atoms with Gasteiger partial charge in [0.05, 0.1) is 16.1 Å². The molecule has 2 nitrogen and oxygen atoms in total. The lowest BCUT2D eigenvalue weighted by atomic mass is 9.89. The molecule has 0 bridgehead atoms. The number of aryl methyl sites for hydroxylation is 1. The summed E-state index contributed by atoms with van der Waals surface area (Å²) in [6.07, 6.45) is 0. The van der Waals surface area contributed by atoms with Gasteiger partial charge in [-0.3, -0.25) is 0 Å². The molecule has 0 amide bonds. The van der Waals surface area contributed by atoms with Crippen LogP contribution in [-0.4, -0.2) is 0 Å². The van der Waals surface area contributed by atoms with E-state index in [1.165, 1.54) is 27.3 Å². The van der Waals surface area contributed by atoms with E-state index in [4.69, 9.17) is 16.6 Å². The summed E-state index contributed by atoms with van der Waals surface area (Å²) in [5, 5.41) is 4.37. The van der Waals surface area contributed by atoms with Gasteiger partial charge in [-0.05, 0) is 51.1 Å². The summed E-state index contributed by atoms with van der Waals surface area (Å²) in [4.78, 5) is 6.23. The first-order valence-corrected chi connectivity index (χ1v) is 10.3. The highest BCUT2D eigenvalue weighted by Gasteiger charge is 2.33. The monoisotopic (exact) mass is 372 g/mol. The zero-order chi connectivity index (χ0) is 16.9. The van der Waals surface area contributed by atoms with E-state index in [0.717, 1.165) is 10.4 Å². The van der Waals surface area contributed by atoms with Gasteiger partial charge >= 0.3 is 0 Å². The molecule has 0 spiro atoms. The van der Waals surface area contributed by atoms with Crippen LogP contribution in [0.4, 0.5) is 11.4 Å². The van der Waals surface area contributed by atoms with Crippen LogP contribution in [0.3, 0.4) is 0 Å². The van der Waals surface area contributed by atoms with E-state index in [1.807, 2.05) is 24.3 Å². The Morgan fingerprint density at radius 1 is 1.08 bits per heavy atom. The lowest BCUT2D eigenvalue weighted by molar-refractivity contribution is 0.619. The summed E-state index contributed by atoms with van der Waals surface area (Å²) in [5.74, 6) is 0. The summed E-state index contributed by atoms with van der Waals surface area (Å²) in [6.45, 7) is 6.57. The molecular formula is C19H17ClN2S2. The Balaban J connectivity index is 2.00. The van der Waals surface area contributed by atoms with E-state index in [-0.39, 0.29) is 5.54 Å². The molecule has 1 aliphatic heterocycles. The zero-order valence-corrected chi connectivity index (χ0v) is 16.1. The fourth-order valence-electron chi connectivity index (χ4n) is 3.02. The predicted molar refractivity (Wildman–Crippen MR) is 106 cm³/mol. The molecule has 2 heterocycles. The van der Waals surface area contributed by atoms with E-state index in [9.17, 15) is 0 Å². The first kappa shape index (κ1) is 15.9. The van der Waals surface area contributed by atoms with E-state index >= 15 is 0 Å². The molecule has 0 atom stereocenters. The van der Waals surface area contributed by atoms with Gasteiger partial charge in [0, 0.05) is 21.8 Å². The molecule has 2 aromatic carbocycles. The maximum Gasteiger partial charge on any atom is 0.135 e. The number of rotatable bonds is 1. The molecule has 0 fully saturated rings. The highest BCUT2D eigenvalue weighted by atomic mass is 35.5. The highest BCUT2D eigenvalue weighted by Crippen LogP contribution is 2.45. The highest BCUT2D eigenvalue weighted by molar-refractivity contribution is 7.68. The largest absolute Gasteiger partial charge is 0.375 e. The minimum atomic E-state index is -0.0964. The number of fused-ring (bicyclic) bond motifs is 3. The van der Waals surface area contributed by atoms with Crippen molar-refractivity contribution < 1.29 is 0 Å². The molecule has 0 radical (unpaired) electrons. The lowest BCUT2D eigenvalue weighted by Gasteiger charge is -2.33. The third-order valence-electron chi connectivity index (χ3n) is 4.14. The fraction of sp³-hybridized carbons (Fsp3) is 0.211. The molecule has 1 aliphatic rings.